The highest BCUT2D eigenvalue weighted by Crippen LogP contribution is 2.36. The molecular formula is C23H33N3O2. The summed E-state index contributed by atoms with van der Waals surface area (Å²) in [6.07, 6.45) is 7.48. The van der Waals surface area contributed by atoms with Crippen molar-refractivity contribution in [3.05, 3.63) is 54.0 Å². The quantitative estimate of drug-likeness (QED) is 0.787. The molecule has 5 heteroatoms. The second-order valence-electron chi connectivity index (χ2n) is 8.94. The Kier molecular flexibility index (Phi) is 6.68. The summed E-state index contributed by atoms with van der Waals surface area (Å²) in [5.74, 6) is 0.623. The Morgan fingerprint density at radius 2 is 1.75 bits per heavy atom. The Hall–Kier alpha value is -1.98. The number of likely N-dealkylation sites (tertiary alicyclic amines) is 1. The van der Waals surface area contributed by atoms with Crippen molar-refractivity contribution >= 4 is 0 Å². The van der Waals surface area contributed by atoms with Crippen LogP contribution in [0.4, 0.5) is 0 Å². The Morgan fingerprint density at radius 1 is 1.07 bits per heavy atom. The first kappa shape index (κ1) is 20.7. The number of rotatable bonds is 7. The lowest BCUT2D eigenvalue weighted by Crippen LogP contribution is -2.42. The number of ether oxygens (including phenoxy) is 1. The summed E-state index contributed by atoms with van der Waals surface area (Å²) in [5, 5.41) is 10.1. The highest BCUT2D eigenvalue weighted by atomic mass is 16.5. The van der Waals surface area contributed by atoms with Crippen molar-refractivity contribution in [3.63, 3.8) is 0 Å². The molecule has 0 unspecified atom stereocenters. The van der Waals surface area contributed by atoms with Crippen LogP contribution in [0.2, 0.25) is 0 Å². The zero-order valence-corrected chi connectivity index (χ0v) is 17.4. The molecule has 0 saturated carbocycles. The van der Waals surface area contributed by atoms with Crippen LogP contribution in [0.15, 0.2) is 42.7 Å². The number of aromatic nitrogens is 2. The summed E-state index contributed by atoms with van der Waals surface area (Å²) < 4.78 is 5.98. The fourth-order valence-electron chi connectivity index (χ4n) is 3.78. The Morgan fingerprint density at radius 3 is 2.39 bits per heavy atom. The van der Waals surface area contributed by atoms with Gasteiger partial charge in [-0.05, 0) is 70.5 Å². The van der Waals surface area contributed by atoms with Crippen LogP contribution in [0.1, 0.15) is 51.3 Å². The maximum absolute atomic E-state index is 10.1. The number of benzene rings is 1. The van der Waals surface area contributed by atoms with E-state index in [0.717, 1.165) is 51.0 Å². The van der Waals surface area contributed by atoms with Crippen LogP contribution in [0.3, 0.4) is 0 Å². The van der Waals surface area contributed by atoms with Crippen molar-refractivity contribution in [2.24, 2.45) is 5.41 Å². The first-order valence-electron chi connectivity index (χ1n) is 10.3. The van der Waals surface area contributed by atoms with E-state index in [2.05, 4.69) is 39.1 Å². The zero-order valence-electron chi connectivity index (χ0n) is 17.4. The second-order valence-corrected chi connectivity index (χ2v) is 8.94. The molecule has 0 spiro atoms. The molecule has 1 aromatic carbocycles. The van der Waals surface area contributed by atoms with Gasteiger partial charge in [-0.15, -0.1) is 0 Å². The predicted molar refractivity (Wildman–Crippen MR) is 111 cm³/mol. The summed E-state index contributed by atoms with van der Waals surface area (Å²) >= 11 is 0. The smallest absolute Gasteiger partial charge is 0.237 e. The molecule has 1 aromatic heterocycles. The molecule has 1 aliphatic rings. The average molecular weight is 384 g/mol. The van der Waals surface area contributed by atoms with Gasteiger partial charge in [-0.1, -0.05) is 30.3 Å². The van der Waals surface area contributed by atoms with Crippen molar-refractivity contribution in [2.45, 2.75) is 58.6 Å². The van der Waals surface area contributed by atoms with Gasteiger partial charge in [-0.2, -0.15) is 0 Å². The Bertz CT molecular complexity index is 735. The van der Waals surface area contributed by atoms with E-state index in [9.17, 15) is 5.11 Å². The third kappa shape index (κ3) is 5.76. The summed E-state index contributed by atoms with van der Waals surface area (Å²) in [6.45, 7) is 8.98. The van der Waals surface area contributed by atoms with Crippen molar-refractivity contribution in [3.8, 4) is 5.88 Å². The minimum atomic E-state index is -0.295. The van der Waals surface area contributed by atoms with Gasteiger partial charge in [0.15, 0.2) is 0 Å². The molecule has 0 amide bonds. The first-order chi connectivity index (χ1) is 13.4. The number of nitrogens with zero attached hydrogens (tertiary/aromatic N) is 3. The van der Waals surface area contributed by atoms with E-state index in [1.165, 1.54) is 5.56 Å². The molecular weight excluding hydrogens is 350 g/mol. The Labute approximate surface area is 168 Å². The van der Waals surface area contributed by atoms with E-state index in [-0.39, 0.29) is 17.6 Å². The number of aryl methyl sites for hydroxylation is 1. The lowest BCUT2D eigenvalue weighted by Gasteiger charge is -2.41. The van der Waals surface area contributed by atoms with Crippen molar-refractivity contribution in [1.29, 1.82) is 0 Å². The van der Waals surface area contributed by atoms with Crippen molar-refractivity contribution in [1.82, 2.24) is 14.9 Å². The Balaban J connectivity index is 1.57. The minimum absolute atomic E-state index is 0.0272. The topological polar surface area (TPSA) is 58.5 Å². The van der Waals surface area contributed by atoms with E-state index in [1.54, 1.807) is 12.4 Å². The van der Waals surface area contributed by atoms with Gasteiger partial charge in [0.05, 0.1) is 0 Å². The van der Waals surface area contributed by atoms with Crippen LogP contribution >= 0.6 is 0 Å². The van der Waals surface area contributed by atoms with Crippen LogP contribution in [0, 0.1) is 5.41 Å². The average Bonchev–Trinajstić information content (AvgIpc) is 2.69. The molecule has 1 N–H and O–H groups in total. The predicted octanol–water partition coefficient (Wildman–Crippen LogP) is 3.86. The van der Waals surface area contributed by atoms with Crippen LogP contribution in [0.25, 0.3) is 0 Å². The summed E-state index contributed by atoms with van der Waals surface area (Å²) in [7, 11) is 0. The molecule has 1 fully saturated rings. The molecule has 2 aromatic rings. The minimum Gasteiger partial charge on any atom is -0.471 e. The molecule has 152 valence electrons. The van der Waals surface area contributed by atoms with Gasteiger partial charge in [0.1, 0.15) is 11.3 Å². The number of piperidine rings is 1. The van der Waals surface area contributed by atoms with E-state index in [4.69, 9.17) is 4.74 Å². The third-order valence-electron chi connectivity index (χ3n) is 5.55. The lowest BCUT2D eigenvalue weighted by atomic mass is 9.75. The standard InChI is InChI=1S/C23H33N3O2/c1-22(2,3)28-21-20(24-13-14-25-21)17-26-15-11-23(18-27,12-16-26)10-9-19-7-5-4-6-8-19/h4-8,13-14,27H,9-12,15-18H2,1-3H3. The second kappa shape index (κ2) is 9.01. The molecule has 1 aliphatic heterocycles. The fourth-order valence-corrected chi connectivity index (χ4v) is 3.78. The van der Waals surface area contributed by atoms with Gasteiger partial charge < -0.3 is 9.84 Å². The third-order valence-corrected chi connectivity index (χ3v) is 5.55. The van der Waals surface area contributed by atoms with Gasteiger partial charge in [0.2, 0.25) is 5.88 Å². The molecule has 2 heterocycles. The van der Waals surface area contributed by atoms with Crippen LogP contribution in [0.5, 0.6) is 5.88 Å². The molecule has 0 aliphatic carbocycles. The molecule has 1 saturated heterocycles. The summed E-state index contributed by atoms with van der Waals surface area (Å²) in [6, 6.07) is 10.6. The highest BCUT2D eigenvalue weighted by Gasteiger charge is 2.34. The highest BCUT2D eigenvalue weighted by molar-refractivity contribution is 5.18. The van der Waals surface area contributed by atoms with E-state index in [0.29, 0.717) is 5.88 Å². The lowest BCUT2D eigenvalue weighted by molar-refractivity contribution is 0.0332. The number of aliphatic hydroxyl groups is 1. The SMILES string of the molecule is CC(C)(C)Oc1nccnc1CN1CCC(CO)(CCc2ccccc2)CC1. The van der Waals surface area contributed by atoms with Gasteiger partial charge >= 0.3 is 0 Å². The fraction of sp³-hybridized carbons (Fsp3) is 0.565. The summed E-state index contributed by atoms with van der Waals surface area (Å²) in [4.78, 5) is 11.3. The molecule has 3 rings (SSSR count). The molecule has 0 atom stereocenters. The normalized spacial score (nSPS) is 17.4. The molecule has 28 heavy (non-hydrogen) atoms. The van der Waals surface area contributed by atoms with E-state index >= 15 is 0 Å². The summed E-state index contributed by atoms with van der Waals surface area (Å²) in [5.41, 5.74) is 1.97. The molecule has 0 bridgehead atoms. The van der Waals surface area contributed by atoms with E-state index < -0.39 is 0 Å². The van der Waals surface area contributed by atoms with Crippen LogP contribution in [-0.4, -0.2) is 45.3 Å². The molecule has 5 nitrogen and oxygen atoms in total. The van der Waals surface area contributed by atoms with Crippen molar-refractivity contribution < 1.29 is 9.84 Å². The maximum atomic E-state index is 10.1. The van der Waals surface area contributed by atoms with Gasteiger partial charge in [-0.25, -0.2) is 4.98 Å². The maximum Gasteiger partial charge on any atom is 0.237 e. The number of hydrogen-bond acceptors (Lipinski definition) is 5. The largest absolute Gasteiger partial charge is 0.471 e. The number of aliphatic hydroxyl groups excluding tert-OH is 1. The first-order valence-corrected chi connectivity index (χ1v) is 10.3. The zero-order chi connectivity index (χ0) is 20.0. The van der Waals surface area contributed by atoms with Gasteiger partial charge in [-0.3, -0.25) is 9.88 Å². The van der Waals surface area contributed by atoms with Gasteiger partial charge in [0.25, 0.3) is 0 Å². The number of hydrogen-bond donors (Lipinski definition) is 1. The van der Waals surface area contributed by atoms with Crippen molar-refractivity contribution in [2.75, 3.05) is 19.7 Å². The monoisotopic (exact) mass is 383 g/mol. The van der Waals surface area contributed by atoms with E-state index in [1.807, 2.05) is 26.8 Å². The molecule has 0 radical (unpaired) electrons. The van der Waals surface area contributed by atoms with Gasteiger partial charge in [0, 0.05) is 25.5 Å². The van der Waals surface area contributed by atoms with Crippen LogP contribution < -0.4 is 4.74 Å². The van der Waals surface area contributed by atoms with Crippen LogP contribution in [-0.2, 0) is 13.0 Å².